The maximum atomic E-state index is 12.8. The van der Waals surface area contributed by atoms with Crippen LogP contribution in [0.1, 0.15) is 31.2 Å². The van der Waals surface area contributed by atoms with Gasteiger partial charge >= 0.3 is 0 Å². The van der Waals surface area contributed by atoms with Gasteiger partial charge in [-0.05, 0) is 57.5 Å². The second-order valence-electron chi connectivity index (χ2n) is 7.90. The number of aromatic nitrogens is 2. The summed E-state index contributed by atoms with van der Waals surface area (Å²) >= 11 is 0. The first-order chi connectivity index (χ1) is 15.1. The number of anilines is 1. The van der Waals surface area contributed by atoms with Gasteiger partial charge in [0.25, 0.3) is 0 Å². The van der Waals surface area contributed by atoms with Crippen LogP contribution >= 0.6 is 0 Å². The Hall–Kier alpha value is -3.19. The van der Waals surface area contributed by atoms with Crippen molar-refractivity contribution in [3.8, 4) is 17.1 Å². The fraction of sp³-hybridized carbons (Fsp3) is 0.375. The number of hydrogen-bond acceptors (Lipinski definition) is 6. The molecule has 1 unspecified atom stereocenters. The van der Waals surface area contributed by atoms with E-state index in [4.69, 9.17) is 9.26 Å². The maximum absolute atomic E-state index is 12.8. The number of ether oxygens (including phenoxy) is 1. The number of nitrogens with zero attached hydrogens (tertiary/aromatic N) is 3. The van der Waals surface area contributed by atoms with Gasteiger partial charge in [0, 0.05) is 17.8 Å². The number of hydrogen-bond donors (Lipinski definition) is 1. The predicted molar refractivity (Wildman–Crippen MR) is 119 cm³/mol. The minimum Gasteiger partial charge on any atom is -0.494 e. The molecule has 162 valence electrons. The van der Waals surface area contributed by atoms with Crippen LogP contribution in [-0.4, -0.2) is 40.6 Å². The van der Waals surface area contributed by atoms with Gasteiger partial charge in [-0.1, -0.05) is 35.0 Å². The van der Waals surface area contributed by atoms with E-state index in [9.17, 15) is 4.79 Å². The van der Waals surface area contributed by atoms with Crippen molar-refractivity contribution in [2.24, 2.45) is 5.92 Å². The van der Waals surface area contributed by atoms with E-state index < -0.39 is 0 Å². The lowest BCUT2D eigenvalue weighted by Crippen LogP contribution is -2.40. The Labute approximate surface area is 182 Å². The van der Waals surface area contributed by atoms with Crippen molar-refractivity contribution in [2.45, 2.75) is 33.2 Å². The molecule has 0 bridgehead atoms. The van der Waals surface area contributed by atoms with E-state index in [1.807, 2.05) is 62.4 Å². The molecule has 1 saturated heterocycles. The van der Waals surface area contributed by atoms with Crippen LogP contribution in [0.5, 0.6) is 5.75 Å². The third-order valence-corrected chi connectivity index (χ3v) is 5.45. The number of piperidine rings is 1. The lowest BCUT2D eigenvalue weighted by molar-refractivity contribution is -0.121. The van der Waals surface area contributed by atoms with Gasteiger partial charge in [-0.2, -0.15) is 4.98 Å². The van der Waals surface area contributed by atoms with Crippen molar-refractivity contribution >= 4 is 11.6 Å². The van der Waals surface area contributed by atoms with Crippen LogP contribution in [0.3, 0.4) is 0 Å². The van der Waals surface area contributed by atoms with Crippen molar-refractivity contribution in [3.05, 3.63) is 60.0 Å². The first kappa shape index (κ1) is 21.1. The number of aryl methyl sites for hydroxylation is 1. The van der Waals surface area contributed by atoms with Crippen molar-refractivity contribution in [2.75, 3.05) is 25.0 Å². The Morgan fingerprint density at radius 1 is 1.19 bits per heavy atom. The normalized spacial score (nSPS) is 16.8. The van der Waals surface area contributed by atoms with E-state index in [2.05, 4.69) is 20.4 Å². The molecule has 0 saturated carbocycles. The summed E-state index contributed by atoms with van der Waals surface area (Å²) in [5.74, 6) is 1.94. The summed E-state index contributed by atoms with van der Waals surface area (Å²) in [4.78, 5) is 19.5. The van der Waals surface area contributed by atoms with Crippen molar-refractivity contribution in [3.63, 3.8) is 0 Å². The standard InChI is InChI=1S/C24H28N4O3/c1-3-30-21-12-10-20(11-13-21)25-24(29)19-5-4-14-28(15-19)16-22-26-23(27-31-22)18-8-6-17(2)7-9-18/h6-13,19H,3-5,14-16H2,1-2H3,(H,25,29). The van der Waals surface area contributed by atoms with Crippen LogP contribution in [0.4, 0.5) is 5.69 Å². The minimum absolute atomic E-state index is 0.0414. The fourth-order valence-corrected chi connectivity index (χ4v) is 3.79. The molecule has 7 nitrogen and oxygen atoms in total. The lowest BCUT2D eigenvalue weighted by Gasteiger charge is -2.30. The van der Waals surface area contributed by atoms with Gasteiger partial charge in [0.15, 0.2) is 0 Å². The summed E-state index contributed by atoms with van der Waals surface area (Å²) < 4.78 is 10.9. The van der Waals surface area contributed by atoms with Crippen LogP contribution in [0.2, 0.25) is 0 Å². The average Bonchev–Trinajstić information content (AvgIpc) is 3.24. The van der Waals surface area contributed by atoms with E-state index in [0.29, 0.717) is 31.4 Å². The van der Waals surface area contributed by atoms with E-state index >= 15 is 0 Å². The van der Waals surface area contributed by atoms with Gasteiger partial charge in [-0.15, -0.1) is 0 Å². The molecule has 3 aromatic rings. The molecular weight excluding hydrogens is 392 g/mol. The largest absolute Gasteiger partial charge is 0.494 e. The first-order valence-corrected chi connectivity index (χ1v) is 10.8. The lowest BCUT2D eigenvalue weighted by atomic mass is 9.97. The van der Waals surface area contributed by atoms with Gasteiger partial charge in [-0.3, -0.25) is 9.69 Å². The molecule has 0 aliphatic carbocycles. The van der Waals surface area contributed by atoms with Gasteiger partial charge in [0.2, 0.25) is 17.6 Å². The highest BCUT2D eigenvalue weighted by molar-refractivity contribution is 5.92. The summed E-state index contributed by atoms with van der Waals surface area (Å²) in [6.07, 6.45) is 1.83. The maximum Gasteiger partial charge on any atom is 0.241 e. The molecule has 7 heteroatoms. The summed E-state index contributed by atoms with van der Waals surface area (Å²) in [7, 11) is 0. The van der Waals surface area contributed by atoms with E-state index in [1.165, 1.54) is 5.56 Å². The molecule has 1 aliphatic rings. The van der Waals surface area contributed by atoms with Gasteiger partial charge in [0.05, 0.1) is 19.1 Å². The van der Waals surface area contributed by atoms with Crippen molar-refractivity contribution in [1.82, 2.24) is 15.0 Å². The molecule has 4 rings (SSSR count). The summed E-state index contributed by atoms with van der Waals surface area (Å²) in [6, 6.07) is 15.5. The molecule has 1 atom stereocenters. The average molecular weight is 421 g/mol. The van der Waals surface area contributed by atoms with Crippen molar-refractivity contribution < 1.29 is 14.1 Å². The van der Waals surface area contributed by atoms with Crippen LogP contribution in [-0.2, 0) is 11.3 Å². The molecule has 1 N–H and O–H groups in total. The van der Waals surface area contributed by atoms with Crippen LogP contribution in [0, 0.1) is 12.8 Å². The third kappa shape index (κ3) is 5.49. The SMILES string of the molecule is CCOc1ccc(NC(=O)C2CCCN(Cc3nc(-c4ccc(C)cc4)no3)C2)cc1. The molecule has 1 fully saturated rings. The summed E-state index contributed by atoms with van der Waals surface area (Å²) in [5.41, 5.74) is 2.91. The summed E-state index contributed by atoms with van der Waals surface area (Å²) in [5, 5.41) is 7.13. The van der Waals surface area contributed by atoms with Crippen molar-refractivity contribution in [1.29, 1.82) is 0 Å². The topological polar surface area (TPSA) is 80.5 Å². The molecular formula is C24H28N4O3. The molecule has 1 aliphatic heterocycles. The van der Waals surface area contributed by atoms with E-state index in [-0.39, 0.29) is 11.8 Å². The predicted octanol–water partition coefficient (Wildman–Crippen LogP) is 4.29. The Morgan fingerprint density at radius 3 is 2.71 bits per heavy atom. The molecule has 2 aromatic carbocycles. The minimum atomic E-state index is -0.0696. The Morgan fingerprint density at radius 2 is 1.97 bits per heavy atom. The zero-order valence-corrected chi connectivity index (χ0v) is 18.0. The number of carbonyl (C=O) groups is 1. The van der Waals surface area contributed by atoms with E-state index in [0.717, 1.165) is 36.4 Å². The molecule has 2 heterocycles. The highest BCUT2D eigenvalue weighted by Gasteiger charge is 2.27. The zero-order valence-electron chi connectivity index (χ0n) is 18.0. The smallest absolute Gasteiger partial charge is 0.241 e. The molecule has 1 amide bonds. The van der Waals surface area contributed by atoms with Gasteiger partial charge in [0.1, 0.15) is 5.75 Å². The Bertz CT molecular complexity index is 998. The van der Waals surface area contributed by atoms with Crippen LogP contribution in [0.15, 0.2) is 53.1 Å². The fourth-order valence-electron chi connectivity index (χ4n) is 3.79. The number of amides is 1. The quantitative estimate of drug-likeness (QED) is 0.614. The number of likely N-dealkylation sites (tertiary alicyclic amines) is 1. The van der Waals surface area contributed by atoms with Gasteiger partial charge in [-0.25, -0.2) is 0 Å². The number of benzene rings is 2. The Balaban J connectivity index is 1.33. The third-order valence-electron chi connectivity index (χ3n) is 5.45. The Kier molecular flexibility index (Phi) is 6.62. The zero-order chi connectivity index (χ0) is 21.6. The number of nitrogens with one attached hydrogen (secondary N) is 1. The monoisotopic (exact) mass is 420 g/mol. The molecule has 0 radical (unpaired) electrons. The molecule has 31 heavy (non-hydrogen) atoms. The van der Waals surface area contributed by atoms with Crippen LogP contribution in [0.25, 0.3) is 11.4 Å². The number of rotatable bonds is 7. The summed E-state index contributed by atoms with van der Waals surface area (Å²) in [6.45, 7) is 6.74. The first-order valence-electron chi connectivity index (χ1n) is 10.8. The highest BCUT2D eigenvalue weighted by Crippen LogP contribution is 2.22. The molecule has 0 spiro atoms. The second-order valence-corrected chi connectivity index (χ2v) is 7.90. The second kappa shape index (κ2) is 9.75. The van der Waals surface area contributed by atoms with Gasteiger partial charge < -0.3 is 14.6 Å². The molecule has 1 aromatic heterocycles. The van der Waals surface area contributed by atoms with E-state index in [1.54, 1.807) is 0 Å². The highest BCUT2D eigenvalue weighted by atomic mass is 16.5. The van der Waals surface area contributed by atoms with Crippen LogP contribution < -0.4 is 10.1 Å². The number of carbonyl (C=O) groups excluding carboxylic acids is 1.